The van der Waals surface area contributed by atoms with E-state index in [9.17, 15) is 34.2 Å². The minimum atomic E-state index is -1.30. The van der Waals surface area contributed by atoms with Gasteiger partial charge >= 0.3 is 11.9 Å². The van der Waals surface area contributed by atoms with Gasteiger partial charge in [-0.25, -0.2) is 4.79 Å². The molecule has 2 amide bonds. The predicted octanol–water partition coefficient (Wildman–Crippen LogP) is 3.95. The summed E-state index contributed by atoms with van der Waals surface area (Å²) >= 11 is 1.36. The van der Waals surface area contributed by atoms with Crippen LogP contribution >= 0.6 is 11.8 Å². The van der Waals surface area contributed by atoms with Crippen LogP contribution in [-0.4, -0.2) is 86.1 Å². The molecule has 0 aliphatic rings. The Hall–Kier alpha value is -4.56. The Bertz CT molecular complexity index is 1610. The summed E-state index contributed by atoms with van der Waals surface area (Å²) in [4.78, 5) is 66.2. The molecule has 4 atom stereocenters. The minimum Gasteiger partial charge on any atom is -0.504 e. The number of nitrogens with two attached hydrogens (primary N) is 1. The Balaban J connectivity index is 1.72. The summed E-state index contributed by atoms with van der Waals surface area (Å²) in [6.45, 7) is 2.07. The van der Waals surface area contributed by atoms with E-state index in [1.165, 1.54) is 24.9 Å². The van der Waals surface area contributed by atoms with Crippen LogP contribution in [0.3, 0.4) is 0 Å². The van der Waals surface area contributed by atoms with E-state index < -0.39 is 41.9 Å². The van der Waals surface area contributed by atoms with E-state index in [0.717, 1.165) is 35.7 Å². The van der Waals surface area contributed by atoms with Gasteiger partial charge in [0.25, 0.3) is 0 Å². The van der Waals surface area contributed by atoms with Crippen LogP contribution in [0, 0.1) is 0 Å². The third-order valence-electron chi connectivity index (χ3n) is 8.39. The molecule has 8 N–H and O–H groups in total. The van der Waals surface area contributed by atoms with Gasteiger partial charge in [0.1, 0.15) is 23.9 Å². The molecule has 14 heteroatoms. The van der Waals surface area contributed by atoms with Gasteiger partial charge in [-0.2, -0.15) is 11.8 Å². The Morgan fingerprint density at radius 2 is 1.72 bits per heavy atom. The number of fused-ring (bicyclic) bond motifs is 1. The molecule has 3 rings (SSSR count). The molecule has 3 aromatic rings. The summed E-state index contributed by atoms with van der Waals surface area (Å²) in [6, 6.07) is 8.62. The molecule has 4 unspecified atom stereocenters. The molecule has 0 aliphatic heterocycles. The predicted molar refractivity (Wildman–Crippen MR) is 191 cm³/mol. The van der Waals surface area contributed by atoms with Gasteiger partial charge in [0.15, 0.2) is 11.5 Å². The lowest BCUT2D eigenvalue weighted by molar-refractivity contribution is -0.142. The lowest BCUT2D eigenvalue weighted by atomic mass is 10.0. The molecule has 2 aromatic carbocycles. The number of aromatic hydroxyl groups is 1. The van der Waals surface area contributed by atoms with Crippen molar-refractivity contribution >= 4 is 52.2 Å². The highest BCUT2D eigenvalue weighted by Gasteiger charge is 2.29. The molecule has 50 heavy (non-hydrogen) atoms. The molecule has 272 valence electrons. The number of amides is 2. The van der Waals surface area contributed by atoms with Gasteiger partial charge in [-0.1, -0.05) is 50.5 Å². The van der Waals surface area contributed by atoms with E-state index >= 15 is 0 Å². The van der Waals surface area contributed by atoms with Gasteiger partial charge in [0.2, 0.25) is 11.8 Å². The Kier molecular flexibility index (Phi) is 16.1. The van der Waals surface area contributed by atoms with E-state index in [0.29, 0.717) is 24.2 Å². The maximum Gasteiger partial charge on any atom is 0.326 e. The second-order valence-corrected chi connectivity index (χ2v) is 13.6. The highest BCUT2D eigenvalue weighted by molar-refractivity contribution is 8.00. The first kappa shape index (κ1) is 39.9. The summed E-state index contributed by atoms with van der Waals surface area (Å²) < 4.78 is 5.16. The van der Waals surface area contributed by atoms with Crippen molar-refractivity contribution in [2.45, 2.75) is 94.5 Å². The number of hydrogen-bond acceptors (Lipinski definition) is 9. The molecule has 0 spiro atoms. The molecule has 0 bridgehead atoms. The number of aryl methyl sites for hydroxylation is 1. The number of aromatic nitrogens is 1. The summed E-state index contributed by atoms with van der Waals surface area (Å²) in [5.74, 6) is -3.40. The highest BCUT2D eigenvalue weighted by atomic mass is 32.2. The molecular weight excluding hydrogens is 664 g/mol. The number of hydrogen-bond donors (Lipinski definition) is 7. The maximum atomic E-state index is 13.6. The van der Waals surface area contributed by atoms with Crippen LogP contribution in [0.1, 0.15) is 69.4 Å². The second kappa shape index (κ2) is 20.2. The average molecular weight is 713 g/mol. The summed E-state index contributed by atoms with van der Waals surface area (Å²) in [5.41, 5.74) is 7.93. The molecule has 1 aromatic heterocycles. The number of ketones is 1. The van der Waals surface area contributed by atoms with Gasteiger partial charge in [-0.05, 0) is 48.6 Å². The number of carboxylic acids is 2. The number of phenols is 1. The number of rotatable bonds is 23. The minimum absolute atomic E-state index is 0.00654. The van der Waals surface area contributed by atoms with Gasteiger partial charge in [-0.3, -0.25) is 19.2 Å². The molecule has 1 heterocycles. The third-order valence-corrected chi connectivity index (χ3v) is 9.78. The van der Waals surface area contributed by atoms with Crippen LogP contribution < -0.4 is 21.1 Å². The van der Waals surface area contributed by atoms with Crippen molar-refractivity contribution in [2.24, 2.45) is 5.73 Å². The van der Waals surface area contributed by atoms with Crippen molar-refractivity contribution in [1.29, 1.82) is 0 Å². The number of carbonyl (C=O) groups excluding carboxylic acids is 3. The topological polar surface area (TPSA) is 221 Å². The lowest BCUT2D eigenvalue weighted by Crippen LogP contribution is -2.53. The summed E-state index contributed by atoms with van der Waals surface area (Å²) in [6.07, 6.45) is 5.73. The average Bonchev–Trinajstić information content (AvgIpc) is 3.50. The first-order valence-corrected chi connectivity index (χ1v) is 17.8. The van der Waals surface area contributed by atoms with Gasteiger partial charge in [-0.15, -0.1) is 0 Å². The number of benzene rings is 2. The third kappa shape index (κ3) is 12.7. The van der Waals surface area contributed by atoms with Crippen molar-refractivity contribution in [2.75, 3.05) is 12.9 Å². The van der Waals surface area contributed by atoms with Crippen LogP contribution in [-0.2, 0) is 36.8 Å². The van der Waals surface area contributed by atoms with E-state index in [-0.39, 0.29) is 54.6 Å². The SMILES string of the molecule is CCCCCC(CC(=O)CCc1ccc(O)c(OC)c1)SCC(NC(=O)CCC(N)C(=O)O)C(=O)NC(Cc1c[nH]c2ccccc12)C(=O)O. The zero-order valence-electron chi connectivity index (χ0n) is 28.5. The molecule has 0 aliphatic carbocycles. The van der Waals surface area contributed by atoms with Crippen molar-refractivity contribution in [3.8, 4) is 11.5 Å². The van der Waals surface area contributed by atoms with Crippen LogP contribution in [0.25, 0.3) is 10.9 Å². The number of aliphatic carboxylic acids is 2. The first-order chi connectivity index (χ1) is 23.9. The number of unbranched alkanes of at least 4 members (excludes halogenated alkanes) is 2. The fraction of sp³-hybridized carbons (Fsp3) is 0.472. The number of nitrogens with one attached hydrogen (secondary N) is 3. The number of H-pyrrole nitrogens is 1. The number of carboxylic acid groups (broad SMARTS) is 2. The number of phenolic OH excluding ortho intramolecular Hbond substituents is 1. The van der Waals surface area contributed by atoms with Gasteiger partial charge < -0.3 is 41.4 Å². The van der Waals surface area contributed by atoms with Crippen molar-refractivity contribution in [3.05, 3.63) is 59.8 Å². The summed E-state index contributed by atoms with van der Waals surface area (Å²) in [7, 11) is 1.45. The fourth-order valence-electron chi connectivity index (χ4n) is 5.47. The zero-order valence-corrected chi connectivity index (χ0v) is 29.3. The van der Waals surface area contributed by atoms with Crippen molar-refractivity contribution in [1.82, 2.24) is 15.6 Å². The number of thioether (sulfide) groups is 1. The fourth-order valence-corrected chi connectivity index (χ4v) is 6.80. The van der Waals surface area contributed by atoms with Crippen LogP contribution in [0.4, 0.5) is 0 Å². The number of Topliss-reactive ketones (excluding diaryl/α,β-unsaturated/α-hetero) is 1. The van der Waals surface area contributed by atoms with Gasteiger partial charge in [0, 0.05) is 53.8 Å². The Labute approximate surface area is 295 Å². The van der Waals surface area contributed by atoms with E-state index in [1.54, 1.807) is 18.3 Å². The molecule has 0 radical (unpaired) electrons. The van der Waals surface area contributed by atoms with Crippen LogP contribution in [0.5, 0.6) is 11.5 Å². The second-order valence-electron chi connectivity index (χ2n) is 12.3. The molecule has 0 saturated heterocycles. The molecule has 0 saturated carbocycles. The quantitative estimate of drug-likeness (QED) is 0.0698. The maximum absolute atomic E-state index is 13.6. The zero-order chi connectivity index (χ0) is 36.6. The van der Waals surface area contributed by atoms with E-state index in [4.69, 9.17) is 15.6 Å². The molecule has 13 nitrogen and oxygen atoms in total. The lowest BCUT2D eigenvalue weighted by Gasteiger charge is -2.24. The highest BCUT2D eigenvalue weighted by Crippen LogP contribution is 2.28. The standard InChI is InChI=1S/C36H48N4O9S/c1-3-4-5-8-25(19-24(41)13-11-22-12-15-31(42)32(17-22)49-2)50-21-30(39-33(43)16-14-27(37)35(45)46)34(44)40-29(36(47)48)18-23-20-38-28-10-7-6-9-26(23)28/h6-7,9-10,12,15,17,20,25,27,29-30,38,42H,3-5,8,11,13-14,16,18-19,21,37H2,1-2H3,(H,39,43)(H,40,44)(H,45,46)(H,47,48). The summed E-state index contributed by atoms with van der Waals surface area (Å²) in [5, 5.41) is 34.9. The van der Waals surface area contributed by atoms with E-state index in [1.807, 2.05) is 24.3 Å². The normalized spacial score (nSPS) is 13.6. The monoisotopic (exact) mass is 712 g/mol. The molecule has 0 fully saturated rings. The van der Waals surface area contributed by atoms with Crippen LogP contribution in [0.2, 0.25) is 0 Å². The van der Waals surface area contributed by atoms with Gasteiger partial charge in [0.05, 0.1) is 7.11 Å². The molecular formula is C36H48N4O9S. The van der Waals surface area contributed by atoms with Crippen molar-refractivity contribution < 1.29 is 44.0 Å². The number of carbonyl (C=O) groups is 5. The number of methoxy groups -OCH3 is 1. The smallest absolute Gasteiger partial charge is 0.326 e. The van der Waals surface area contributed by atoms with Crippen LogP contribution in [0.15, 0.2) is 48.7 Å². The number of aromatic amines is 1. The first-order valence-electron chi connectivity index (χ1n) is 16.8. The van der Waals surface area contributed by atoms with Crippen molar-refractivity contribution in [3.63, 3.8) is 0 Å². The van der Waals surface area contributed by atoms with E-state index in [2.05, 4.69) is 22.5 Å². The number of ether oxygens (including phenoxy) is 1. The Morgan fingerprint density at radius 3 is 2.42 bits per heavy atom. The number of para-hydroxylation sites is 1. The Morgan fingerprint density at radius 1 is 0.960 bits per heavy atom. The largest absolute Gasteiger partial charge is 0.504 e.